The Morgan fingerprint density at radius 1 is 0.459 bits per heavy atom. The summed E-state index contributed by atoms with van der Waals surface area (Å²) in [5.41, 5.74) is 7.41. The molecule has 7 rings (SSSR count). The molecule has 0 aliphatic heterocycles. The van der Waals surface area contributed by atoms with Crippen molar-refractivity contribution in [1.82, 2.24) is 0 Å². The van der Waals surface area contributed by atoms with Crippen molar-refractivity contribution in [3.05, 3.63) is 138 Å². The lowest BCUT2D eigenvalue weighted by atomic mass is 10.0. The molecule has 6 aromatic carbocycles. The third-order valence-electron chi connectivity index (χ3n) is 6.86. The van der Waals surface area contributed by atoms with Crippen LogP contribution in [0.4, 0.5) is 17.1 Å². The van der Waals surface area contributed by atoms with Crippen molar-refractivity contribution in [2.45, 2.75) is 0 Å². The first kappa shape index (κ1) is 21.9. The molecule has 0 saturated heterocycles. The van der Waals surface area contributed by atoms with Gasteiger partial charge in [-0.2, -0.15) is 0 Å². The van der Waals surface area contributed by atoms with Gasteiger partial charge in [-0.25, -0.2) is 0 Å². The van der Waals surface area contributed by atoms with E-state index < -0.39 is 0 Å². The third kappa shape index (κ3) is 3.98. The maximum atomic E-state index is 6.06. The Kier molecular flexibility index (Phi) is 5.30. The Morgan fingerprint density at radius 2 is 1.22 bits per heavy atom. The monoisotopic (exact) mass is 539 g/mol. The molecular weight excluding hydrogens is 518 g/mol. The maximum Gasteiger partial charge on any atom is 0.135 e. The Morgan fingerprint density at radius 3 is 2.11 bits per heavy atom. The summed E-state index contributed by atoms with van der Waals surface area (Å²) in [5, 5.41) is 4.71. The summed E-state index contributed by atoms with van der Waals surface area (Å²) in [6, 6.07) is 46.9. The molecule has 37 heavy (non-hydrogen) atoms. The molecule has 1 heterocycles. The van der Waals surface area contributed by atoms with E-state index in [2.05, 4.69) is 142 Å². The van der Waals surface area contributed by atoms with Crippen LogP contribution in [0.25, 0.3) is 43.8 Å². The predicted molar refractivity (Wildman–Crippen MR) is 159 cm³/mol. The van der Waals surface area contributed by atoms with Crippen molar-refractivity contribution >= 4 is 65.7 Å². The molecule has 1 aromatic heterocycles. The van der Waals surface area contributed by atoms with Gasteiger partial charge >= 0.3 is 0 Å². The van der Waals surface area contributed by atoms with Crippen molar-refractivity contribution in [2.24, 2.45) is 0 Å². The predicted octanol–water partition coefficient (Wildman–Crippen LogP) is 10.6. The Hall–Kier alpha value is -4.34. The number of para-hydroxylation sites is 2. The second-order valence-electron chi connectivity index (χ2n) is 9.21. The largest absolute Gasteiger partial charge is 0.456 e. The third-order valence-corrected chi connectivity index (χ3v) is 7.31. The van der Waals surface area contributed by atoms with E-state index in [4.69, 9.17) is 4.42 Å². The quantitative estimate of drug-likeness (QED) is 0.221. The molecule has 7 aromatic rings. The van der Waals surface area contributed by atoms with Crippen molar-refractivity contribution in [3.8, 4) is 11.1 Å². The van der Waals surface area contributed by atoms with Crippen LogP contribution in [0.1, 0.15) is 0 Å². The van der Waals surface area contributed by atoms with Gasteiger partial charge in [0.2, 0.25) is 0 Å². The second-order valence-corrected chi connectivity index (χ2v) is 10.1. The van der Waals surface area contributed by atoms with Crippen LogP contribution < -0.4 is 4.90 Å². The first-order valence-corrected chi connectivity index (χ1v) is 13.1. The maximum absolute atomic E-state index is 6.06. The number of hydrogen-bond acceptors (Lipinski definition) is 2. The smallest absolute Gasteiger partial charge is 0.135 e. The Labute approximate surface area is 223 Å². The summed E-state index contributed by atoms with van der Waals surface area (Å²) in [7, 11) is 0. The van der Waals surface area contributed by atoms with Gasteiger partial charge in [0, 0.05) is 32.3 Å². The molecule has 3 heteroatoms. The molecule has 176 valence electrons. The average molecular weight is 540 g/mol. The van der Waals surface area contributed by atoms with E-state index in [-0.39, 0.29) is 0 Å². The molecule has 0 bridgehead atoms. The van der Waals surface area contributed by atoms with E-state index in [9.17, 15) is 0 Å². The molecule has 0 atom stereocenters. The van der Waals surface area contributed by atoms with Gasteiger partial charge in [0.1, 0.15) is 11.2 Å². The van der Waals surface area contributed by atoms with Crippen LogP contribution in [0, 0.1) is 0 Å². The van der Waals surface area contributed by atoms with E-state index >= 15 is 0 Å². The minimum absolute atomic E-state index is 0.905. The highest BCUT2D eigenvalue weighted by Gasteiger charge is 2.16. The van der Waals surface area contributed by atoms with Crippen LogP contribution in [-0.4, -0.2) is 0 Å². The van der Waals surface area contributed by atoms with Crippen LogP contribution in [0.15, 0.2) is 142 Å². The zero-order valence-corrected chi connectivity index (χ0v) is 21.5. The number of furan rings is 1. The van der Waals surface area contributed by atoms with Gasteiger partial charge in [0.05, 0.1) is 0 Å². The fourth-order valence-corrected chi connectivity index (χ4v) is 5.60. The van der Waals surface area contributed by atoms with Crippen molar-refractivity contribution in [2.75, 3.05) is 4.90 Å². The van der Waals surface area contributed by atoms with Crippen molar-refractivity contribution in [1.29, 1.82) is 0 Å². The normalized spacial score (nSPS) is 11.4. The highest BCUT2D eigenvalue weighted by Crippen LogP contribution is 2.40. The molecular formula is C34H22BrNO. The SMILES string of the molecule is Brc1cc(-c2ccc3oc4ccccc4c3c2)cc(N(c2ccccc2)c2ccc3ccccc3c2)c1. The van der Waals surface area contributed by atoms with Crippen LogP contribution in [0.3, 0.4) is 0 Å². The van der Waals surface area contributed by atoms with Gasteiger partial charge in [-0.05, 0) is 82.6 Å². The molecule has 0 unspecified atom stereocenters. The molecule has 0 spiro atoms. The van der Waals surface area contributed by atoms with Crippen molar-refractivity contribution < 1.29 is 4.42 Å². The highest BCUT2D eigenvalue weighted by atomic mass is 79.9. The lowest BCUT2D eigenvalue weighted by Gasteiger charge is -2.26. The Bertz CT molecular complexity index is 1900. The standard InChI is InChI=1S/C34H22BrNO/c35-27-18-26(25-15-17-34-32(21-25)31-12-6-7-13-33(31)37-34)20-30(22-27)36(28-10-2-1-3-11-28)29-16-14-23-8-4-5-9-24(23)19-29/h1-22H. The topological polar surface area (TPSA) is 16.4 Å². The van der Waals surface area contributed by atoms with Gasteiger partial charge < -0.3 is 9.32 Å². The molecule has 0 aliphatic rings. The lowest BCUT2D eigenvalue weighted by Crippen LogP contribution is -2.10. The molecule has 0 aliphatic carbocycles. The van der Waals surface area contributed by atoms with Gasteiger partial charge in [-0.3, -0.25) is 0 Å². The van der Waals surface area contributed by atoms with Crippen LogP contribution in [-0.2, 0) is 0 Å². The minimum Gasteiger partial charge on any atom is -0.456 e. The fourth-order valence-electron chi connectivity index (χ4n) is 5.12. The number of halogens is 1. The number of rotatable bonds is 4. The zero-order valence-electron chi connectivity index (χ0n) is 19.9. The summed E-state index contributed by atoms with van der Waals surface area (Å²) in [5.74, 6) is 0. The summed E-state index contributed by atoms with van der Waals surface area (Å²) < 4.78 is 7.09. The van der Waals surface area contributed by atoms with Crippen LogP contribution in [0.5, 0.6) is 0 Å². The van der Waals surface area contributed by atoms with Gasteiger partial charge in [0.25, 0.3) is 0 Å². The van der Waals surface area contributed by atoms with E-state index in [0.29, 0.717) is 0 Å². The van der Waals surface area contributed by atoms with Crippen molar-refractivity contribution in [3.63, 3.8) is 0 Å². The first-order valence-electron chi connectivity index (χ1n) is 12.3. The van der Waals surface area contributed by atoms with Gasteiger partial charge in [-0.1, -0.05) is 88.7 Å². The first-order chi connectivity index (χ1) is 18.2. The van der Waals surface area contributed by atoms with E-state index in [1.807, 2.05) is 12.1 Å². The molecule has 0 radical (unpaired) electrons. The minimum atomic E-state index is 0.905. The number of fused-ring (bicyclic) bond motifs is 4. The van der Waals surface area contributed by atoms with Gasteiger partial charge in [0.15, 0.2) is 0 Å². The Balaban J connectivity index is 1.40. The van der Waals surface area contributed by atoms with Crippen LogP contribution >= 0.6 is 15.9 Å². The lowest BCUT2D eigenvalue weighted by molar-refractivity contribution is 0.669. The van der Waals surface area contributed by atoms with E-state index in [0.717, 1.165) is 54.6 Å². The summed E-state index contributed by atoms with van der Waals surface area (Å²) in [6.07, 6.45) is 0. The van der Waals surface area contributed by atoms with E-state index in [1.54, 1.807) is 0 Å². The van der Waals surface area contributed by atoms with Gasteiger partial charge in [-0.15, -0.1) is 0 Å². The average Bonchev–Trinajstić information content (AvgIpc) is 3.31. The number of benzene rings is 6. The van der Waals surface area contributed by atoms with Crippen LogP contribution in [0.2, 0.25) is 0 Å². The number of hydrogen-bond donors (Lipinski definition) is 0. The summed E-state index contributed by atoms with van der Waals surface area (Å²) >= 11 is 3.80. The second kappa shape index (κ2) is 8.95. The molecule has 0 saturated carbocycles. The fraction of sp³-hybridized carbons (Fsp3) is 0. The number of nitrogens with zero attached hydrogens (tertiary/aromatic N) is 1. The molecule has 0 N–H and O–H groups in total. The molecule has 0 fully saturated rings. The zero-order chi connectivity index (χ0) is 24.8. The number of anilines is 3. The summed E-state index contributed by atoms with van der Waals surface area (Å²) in [4.78, 5) is 2.31. The van der Waals surface area contributed by atoms with E-state index in [1.165, 1.54) is 10.8 Å². The highest BCUT2D eigenvalue weighted by molar-refractivity contribution is 9.10. The molecule has 2 nitrogen and oxygen atoms in total. The molecule has 0 amide bonds. The summed E-state index contributed by atoms with van der Waals surface area (Å²) in [6.45, 7) is 0.